The predicted octanol–water partition coefficient (Wildman–Crippen LogP) is 5.38. The lowest BCUT2D eigenvalue weighted by atomic mass is 9.98. The van der Waals surface area contributed by atoms with Gasteiger partial charge in [-0.1, -0.05) is 70.5 Å². The number of nitrogens with zero attached hydrogens (tertiary/aromatic N) is 2. The van der Waals surface area contributed by atoms with Gasteiger partial charge in [0.15, 0.2) is 0 Å². The van der Waals surface area contributed by atoms with Crippen LogP contribution < -0.4 is 4.74 Å². The van der Waals surface area contributed by atoms with Crippen molar-refractivity contribution in [1.82, 2.24) is 5.01 Å². The summed E-state index contributed by atoms with van der Waals surface area (Å²) in [7, 11) is 1.65. The average Bonchev–Trinajstić information content (AvgIpc) is 3.20. The molecule has 146 valence electrons. The molecule has 5 heteroatoms. The minimum atomic E-state index is -0.157. The van der Waals surface area contributed by atoms with Gasteiger partial charge in [-0.25, -0.2) is 5.01 Å². The van der Waals surface area contributed by atoms with Crippen LogP contribution in [0.15, 0.2) is 88.4 Å². The van der Waals surface area contributed by atoms with Gasteiger partial charge in [-0.15, -0.1) is 0 Å². The minimum Gasteiger partial charge on any atom is -0.497 e. The molecule has 0 radical (unpaired) electrons. The van der Waals surface area contributed by atoms with E-state index in [1.165, 1.54) is 0 Å². The largest absolute Gasteiger partial charge is 0.497 e. The Morgan fingerprint density at radius 1 is 1.07 bits per heavy atom. The molecule has 1 amide bonds. The normalized spacial score (nSPS) is 15.9. The maximum Gasteiger partial charge on any atom is 0.247 e. The number of carbonyl (C=O) groups excluding carboxylic acids is 1. The highest BCUT2D eigenvalue weighted by atomic mass is 79.9. The van der Waals surface area contributed by atoms with Crippen LogP contribution in [0.2, 0.25) is 0 Å². The van der Waals surface area contributed by atoms with Gasteiger partial charge in [0.1, 0.15) is 5.75 Å². The standard InChI is InChI=1S/C24H21BrN2O2/c1-29-21-12-6-10-19(15-21)23-16-22(18-9-5-11-20(25)14-18)26-27(23)24(28)13-17-7-3-2-4-8-17/h2-12,14-15,23H,13,16H2,1H3/t23-/m1/s1. The van der Waals surface area contributed by atoms with Crippen LogP contribution >= 0.6 is 15.9 Å². The maximum absolute atomic E-state index is 13.2. The first-order valence-electron chi connectivity index (χ1n) is 9.47. The first kappa shape index (κ1) is 19.4. The molecule has 1 heterocycles. The third kappa shape index (κ3) is 4.40. The Bertz CT molecular complexity index is 1050. The zero-order valence-electron chi connectivity index (χ0n) is 16.1. The lowest BCUT2D eigenvalue weighted by Gasteiger charge is -2.22. The van der Waals surface area contributed by atoms with Crippen LogP contribution in [0.5, 0.6) is 5.75 Å². The number of hydrogen-bond acceptors (Lipinski definition) is 3. The molecule has 3 aromatic rings. The number of amides is 1. The monoisotopic (exact) mass is 448 g/mol. The van der Waals surface area contributed by atoms with Gasteiger partial charge >= 0.3 is 0 Å². The summed E-state index contributed by atoms with van der Waals surface area (Å²) in [6.07, 6.45) is 0.973. The zero-order valence-corrected chi connectivity index (χ0v) is 17.7. The summed E-state index contributed by atoms with van der Waals surface area (Å²) >= 11 is 3.52. The van der Waals surface area contributed by atoms with E-state index in [2.05, 4.69) is 15.9 Å². The third-order valence-electron chi connectivity index (χ3n) is 5.00. The fourth-order valence-corrected chi connectivity index (χ4v) is 3.94. The molecule has 0 aromatic heterocycles. The zero-order chi connectivity index (χ0) is 20.2. The molecule has 0 saturated heterocycles. The molecule has 3 aromatic carbocycles. The smallest absolute Gasteiger partial charge is 0.247 e. The van der Waals surface area contributed by atoms with Crippen molar-refractivity contribution in [3.05, 3.63) is 100 Å². The summed E-state index contributed by atoms with van der Waals surface area (Å²) in [6, 6.07) is 25.5. The fourth-order valence-electron chi connectivity index (χ4n) is 3.54. The van der Waals surface area contributed by atoms with E-state index in [0.29, 0.717) is 12.8 Å². The Labute approximate surface area is 178 Å². The summed E-state index contributed by atoms with van der Waals surface area (Å²) in [5, 5.41) is 6.38. The van der Waals surface area contributed by atoms with Gasteiger partial charge in [0.25, 0.3) is 0 Å². The molecular weight excluding hydrogens is 428 g/mol. The third-order valence-corrected chi connectivity index (χ3v) is 5.49. The van der Waals surface area contributed by atoms with Crippen LogP contribution in [0, 0.1) is 0 Å². The van der Waals surface area contributed by atoms with Crippen LogP contribution in [0.25, 0.3) is 0 Å². The number of benzene rings is 3. The number of hydrazone groups is 1. The van der Waals surface area contributed by atoms with Crippen molar-refractivity contribution in [3.8, 4) is 5.75 Å². The SMILES string of the molecule is COc1cccc([C@H]2CC(c3cccc(Br)c3)=NN2C(=O)Cc2ccccc2)c1. The van der Waals surface area contributed by atoms with E-state index in [0.717, 1.165) is 32.6 Å². The molecule has 1 atom stereocenters. The lowest BCUT2D eigenvalue weighted by molar-refractivity contribution is -0.132. The number of halogens is 1. The van der Waals surface area contributed by atoms with Crippen molar-refractivity contribution < 1.29 is 9.53 Å². The molecule has 0 spiro atoms. The molecular formula is C24H21BrN2O2. The second kappa shape index (κ2) is 8.62. The van der Waals surface area contributed by atoms with Gasteiger partial charge < -0.3 is 4.74 Å². The highest BCUT2D eigenvalue weighted by molar-refractivity contribution is 9.10. The van der Waals surface area contributed by atoms with Crippen LogP contribution in [0.3, 0.4) is 0 Å². The Balaban J connectivity index is 1.68. The van der Waals surface area contributed by atoms with Crippen molar-refractivity contribution in [2.45, 2.75) is 18.9 Å². The second-order valence-corrected chi connectivity index (χ2v) is 7.87. The van der Waals surface area contributed by atoms with E-state index in [-0.39, 0.29) is 11.9 Å². The van der Waals surface area contributed by atoms with E-state index in [4.69, 9.17) is 9.84 Å². The summed E-state index contributed by atoms with van der Waals surface area (Å²) in [5.41, 5.74) is 3.91. The molecule has 4 rings (SSSR count). The first-order chi connectivity index (χ1) is 14.1. The van der Waals surface area contributed by atoms with E-state index in [1.807, 2.05) is 78.9 Å². The van der Waals surface area contributed by atoms with E-state index in [9.17, 15) is 4.79 Å². The van der Waals surface area contributed by atoms with Crippen LogP contribution in [0.1, 0.15) is 29.2 Å². The Kier molecular flexibility index (Phi) is 5.76. The Morgan fingerprint density at radius 2 is 1.86 bits per heavy atom. The van der Waals surface area contributed by atoms with E-state index in [1.54, 1.807) is 12.1 Å². The van der Waals surface area contributed by atoms with Gasteiger partial charge in [-0.2, -0.15) is 5.10 Å². The van der Waals surface area contributed by atoms with Gasteiger partial charge in [0.2, 0.25) is 5.91 Å². The summed E-state index contributed by atoms with van der Waals surface area (Å²) < 4.78 is 6.38. The van der Waals surface area contributed by atoms with Crippen molar-refractivity contribution >= 4 is 27.5 Å². The summed E-state index contributed by atoms with van der Waals surface area (Å²) in [5.74, 6) is 0.753. The molecule has 0 fully saturated rings. The number of ether oxygens (including phenoxy) is 1. The van der Waals surface area contributed by atoms with Crippen molar-refractivity contribution in [2.75, 3.05) is 7.11 Å². The van der Waals surface area contributed by atoms with Gasteiger partial charge in [-0.05, 0) is 41.0 Å². The lowest BCUT2D eigenvalue weighted by Crippen LogP contribution is -2.28. The number of carbonyl (C=O) groups is 1. The molecule has 1 aliphatic rings. The Morgan fingerprint density at radius 3 is 2.62 bits per heavy atom. The molecule has 0 bridgehead atoms. The molecule has 0 aliphatic carbocycles. The van der Waals surface area contributed by atoms with Crippen molar-refractivity contribution in [1.29, 1.82) is 0 Å². The summed E-state index contributed by atoms with van der Waals surface area (Å²) in [4.78, 5) is 13.2. The van der Waals surface area contributed by atoms with Gasteiger partial charge in [-0.3, -0.25) is 4.79 Å². The Hall–Kier alpha value is -2.92. The van der Waals surface area contributed by atoms with E-state index < -0.39 is 0 Å². The number of rotatable bonds is 5. The van der Waals surface area contributed by atoms with Crippen LogP contribution in [-0.4, -0.2) is 23.7 Å². The first-order valence-corrected chi connectivity index (χ1v) is 10.3. The van der Waals surface area contributed by atoms with Crippen LogP contribution in [0.4, 0.5) is 0 Å². The predicted molar refractivity (Wildman–Crippen MR) is 118 cm³/mol. The molecule has 29 heavy (non-hydrogen) atoms. The number of methoxy groups -OCH3 is 1. The highest BCUT2D eigenvalue weighted by Crippen LogP contribution is 2.35. The van der Waals surface area contributed by atoms with Gasteiger partial charge in [0.05, 0.1) is 25.3 Å². The van der Waals surface area contributed by atoms with Crippen molar-refractivity contribution in [2.24, 2.45) is 5.10 Å². The minimum absolute atomic E-state index is 0.0194. The highest BCUT2D eigenvalue weighted by Gasteiger charge is 2.33. The van der Waals surface area contributed by atoms with Gasteiger partial charge in [0, 0.05) is 10.9 Å². The van der Waals surface area contributed by atoms with Crippen molar-refractivity contribution in [3.63, 3.8) is 0 Å². The molecule has 4 nitrogen and oxygen atoms in total. The van der Waals surface area contributed by atoms with E-state index >= 15 is 0 Å². The molecule has 0 N–H and O–H groups in total. The molecule has 1 aliphatic heterocycles. The maximum atomic E-state index is 13.2. The number of hydrogen-bond donors (Lipinski definition) is 0. The second-order valence-electron chi connectivity index (χ2n) is 6.95. The molecule has 0 unspecified atom stereocenters. The molecule has 0 saturated carbocycles. The average molecular weight is 449 g/mol. The topological polar surface area (TPSA) is 41.9 Å². The quantitative estimate of drug-likeness (QED) is 0.525. The van der Waals surface area contributed by atoms with Crippen LogP contribution in [-0.2, 0) is 11.2 Å². The summed E-state index contributed by atoms with van der Waals surface area (Å²) in [6.45, 7) is 0. The fraction of sp³-hybridized carbons (Fsp3) is 0.167.